The van der Waals surface area contributed by atoms with Crippen LogP contribution >= 0.6 is 15.9 Å². The molecular formula is C26H26BrNO6. The van der Waals surface area contributed by atoms with Crippen LogP contribution in [0.15, 0.2) is 65.1 Å². The Labute approximate surface area is 206 Å². The first-order chi connectivity index (χ1) is 16.4. The second-order valence-corrected chi connectivity index (χ2v) is 8.75. The van der Waals surface area contributed by atoms with Gasteiger partial charge < -0.3 is 29.7 Å². The topological polar surface area (TPSA) is 97.2 Å². The number of amides is 1. The molecule has 0 bridgehead atoms. The van der Waals surface area contributed by atoms with Gasteiger partial charge in [0, 0.05) is 12.5 Å². The lowest BCUT2D eigenvalue weighted by Crippen LogP contribution is -2.36. The number of aliphatic hydroxyl groups is 2. The summed E-state index contributed by atoms with van der Waals surface area (Å²) in [6.45, 7) is -0.0296. The molecule has 7 nitrogen and oxygen atoms in total. The maximum atomic E-state index is 12.4. The molecule has 3 aromatic carbocycles. The summed E-state index contributed by atoms with van der Waals surface area (Å²) in [6, 6.07) is 19.3. The van der Waals surface area contributed by atoms with E-state index in [9.17, 15) is 15.0 Å². The van der Waals surface area contributed by atoms with Gasteiger partial charge in [-0.2, -0.15) is 0 Å². The maximum Gasteiger partial charge on any atom is 0.407 e. The largest absolute Gasteiger partial charge is 0.495 e. The summed E-state index contributed by atoms with van der Waals surface area (Å²) >= 11 is 3.37. The number of carbonyl (C=O) groups excluding carboxylic acids is 1. The normalized spacial score (nSPS) is 14.0. The zero-order chi connectivity index (χ0) is 24.2. The van der Waals surface area contributed by atoms with Crippen LogP contribution in [0.3, 0.4) is 0 Å². The van der Waals surface area contributed by atoms with E-state index in [0.29, 0.717) is 21.5 Å². The highest BCUT2D eigenvalue weighted by Gasteiger charge is 2.29. The molecular weight excluding hydrogens is 502 g/mol. The lowest BCUT2D eigenvalue weighted by Gasteiger charge is -2.21. The quantitative estimate of drug-likeness (QED) is 0.401. The van der Waals surface area contributed by atoms with Crippen molar-refractivity contribution in [3.05, 3.63) is 81.8 Å². The zero-order valence-electron chi connectivity index (χ0n) is 18.8. The molecule has 3 aromatic rings. The van der Waals surface area contributed by atoms with E-state index in [1.165, 1.54) is 14.2 Å². The molecule has 178 valence electrons. The van der Waals surface area contributed by atoms with E-state index in [2.05, 4.69) is 33.4 Å². The van der Waals surface area contributed by atoms with Crippen molar-refractivity contribution in [3.63, 3.8) is 0 Å². The van der Waals surface area contributed by atoms with E-state index in [1.54, 1.807) is 12.1 Å². The molecule has 0 spiro atoms. The van der Waals surface area contributed by atoms with Gasteiger partial charge in [0.15, 0.2) is 0 Å². The summed E-state index contributed by atoms with van der Waals surface area (Å²) in [5.41, 5.74) is 4.91. The Morgan fingerprint density at radius 3 is 2.03 bits per heavy atom. The average molecular weight is 528 g/mol. The summed E-state index contributed by atoms with van der Waals surface area (Å²) in [6.07, 6.45) is -3.21. The van der Waals surface area contributed by atoms with Crippen molar-refractivity contribution in [1.82, 2.24) is 5.32 Å². The van der Waals surface area contributed by atoms with Gasteiger partial charge in [-0.25, -0.2) is 4.79 Å². The fourth-order valence-corrected chi connectivity index (χ4v) is 4.78. The molecule has 0 saturated carbocycles. The third-order valence-corrected chi connectivity index (χ3v) is 6.75. The number of hydrogen-bond donors (Lipinski definition) is 3. The highest BCUT2D eigenvalue weighted by molar-refractivity contribution is 9.10. The van der Waals surface area contributed by atoms with Crippen molar-refractivity contribution in [2.45, 2.75) is 18.1 Å². The molecule has 2 unspecified atom stereocenters. The van der Waals surface area contributed by atoms with Crippen molar-refractivity contribution >= 4 is 22.0 Å². The smallest absolute Gasteiger partial charge is 0.407 e. The van der Waals surface area contributed by atoms with E-state index in [4.69, 9.17) is 14.2 Å². The molecule has 0 aromatic heterocycles. The molecule has 1 aliphatic rings. The molecule has 0 radical (unpaired) electrons. The van der Waals surface area contributed by atoms with Crippen molar-refractivity contribution in [2.24, 2.45) is 0 Å². The van der Waals surface area contributed by atoms with Crippen LogP contribution in [-0.2, 0) is 4.74 Å². The molecule has 0 heterocycles. The number of ether oxygens (including phenoxy) is 3. The third-order valence-electron chi connectivity index (χ3n) is 5.97. The summed E-state index contributed by atoms with van der Waals surface area (Å²) < 4.78 is 16.6. The number of nitrogens with one attached hydrogen (secondary N) is 1. The van der Waals surface area contributed by atoms with Crippen LogP contribution in [0, 0.1) is 0 Å². The Morgan fingerprint density at radius 2 is 1.50 bits per heavy atom. The van der Waals surface area contributed by atoms with Gasteiger partial charge in [0.1, 0.15) is 34.8 Å². The van der Waals surface area contributed by atoms with Gasteiger partial charge in [-0.3, -0.25) is 0 Å². The highest BCUT2D eigenvalue weighted by atomic mass is 79.9. The Bertz CT molecular complexity index is 1110. The number of alkyl carbamates (subject to hydrolysis) is 1. The molecule has 8 heteroatoms. The predicted octanol–water partition coefficient (Wildman–Crippen LogP) is 4.40. The van der Waals surface area contributed by atoms with Gasteiger partial charge in [0.2, 0.25) is 0 Å². The summed E-state index contributed by atoms with van der Waals surface area (Å²) in [4.78, 5) is 12.4. The minimum absolute atomic E-state index is 0.0589. The van der Waals surface area contributed by atoms with Crippen LogP contribution in [0.5, 0.6) is 11.5 Å². The summed E-state index contributed by atoms with van der Waals surface area (Å²) in [7, 11) is 2.98. The van der Waals surface area contributed by atoms with E-state index in [-0.39, 0.29) is 19.1 Å². The first kappa shape index (κ1) is 24.1. The van der Waals surface area contributed by atoms with E-state index in [1.807, 2.05) is 36.4 Å². The minimum atomic E-state index is -1.27. The van der Waals surface area contributed by atoms with Gasteiger partial charge >= 0.3 is 6.09 Å². The van der Waals surface area contributed by atoms with Gasteiger partial charge in [-0.05, 0) is 55.9 Å². The lowest BCUT2D eigenvalue weighted by molar-refractivity contribution is 0.0183. The second kappa shape index (κ2) is 10.5. The van der Waals surface area contributed by atoms with Crippen LogP contribution in [0.2, 0.25) is 0 Å². The van der Waals surface area contributed by atoms with Crippen molar-refractivity contribution in [1.29, 1.82) is 0 Å². The van der Waals surface area contributed by atoms with E-state index >= 15 is 0 Å². The molecule has 3 N–H and O–H groups in total. The SMILES string of the molecule is COc1cc(C(O)C(O)CNC(=O)OCC2c3ccccc3-c3ccccc32)cc(OC)c1Br. The number of benzene rings is 3. The number of rotatable bonds is 8. The lowest BCUT2D eigenvalue weighted by atomic mass is 9.98. The molecule has 1 aliphatic carbocycles. The Kier molecular flexibility index (Phi) is 7.41. The number of fused-ring (bicyclic) bond motifs is 3. The molecule has 1 amide bonds. The molecule has 34 heavy (non-hydrogen) atoms. The summed E-state index contributed by atoms with van der Waals surface area (Å²) in [5, 5.41) is 23.6. The fraction of sp³-hybridized carbons (Fsp3) is 0.269. The molecule has 0 aliphatic heterocycles. The van der Waals surface area contributed by atoms with Crippen LogP contribution in [0.25, 0.3) is 11.1 Å². The van der Waals surface area contributed by atoms with Crippen LogP contribution in [-0.4, -0.2) is 49.8 Å². The number of carbonyl (C=O) groups is 1. The van der Waals surface area contributed by atoms with Gasteiger partial charge in [0.05, 0.1) is 14.2 Å². The van der Waals surface area contributed by atoms with Gasteiger partial charge in [-0.1, -0.05) is 48.5 Å². The summed E-state index contributed by atoms with van der Waals surface area (Å²) in [5.74, 6) is 0.839. The van der Waals surface area contributed by atoms with Gasteiger partial charge in [-0.15, -0.1) is 0 Å². The molecule has 0 saturated heterocycles. The third kappa shape index (κ3) is 4.75. The van der Waals surface area contributed by atoms with Crippen LogP contribution in [0.4, 0.5) is 4.79 Å². The van der Waals surface area contributed by atoms with E-state index in [0.717, 1.165) is 22.3 Å². The van der Waals surface area contributed by atoms with E-state index < -0.39 is 18.3 Å². The van der Waals surface area contributed by atoms with Gasteiger partial charge in [0.25, 0.3) is 0 Å². The molecule has 4 rings (SSSR count). The van der Waals surface area contributed by atoms with Crippen molar-refractivity contribution < 1.29 is 29.2 Å². The van der Waals surface area contributed by atoms with Crippen molar-refractivity contribution in [3.8, 4) is 22.6 Å². The second-order valence-electron chi connectivity index (χ2n) is 7.96. The van der Waals surface area contributed by atoms with Crippen LogP contribution in [0.1, 0.15) is 28.7 Å². The van der Waals surface area contributed by atoms with Crippen LogP contribution < -0.4 is 14.8 Å². The first-order valence-electron chi connectivity index (χ1n) is 10.8. The Morgan fingerprint density at radius 1 is 0.971 bits per heavy atom. The predicted molar refractivity (Wildman–Crippen MR) is 131 cm³/mol. The monoisotopic (exact) mass is 527 g/mol. The number of methoxy groups -OCH3 is 2. The molecule has 0 fully saturated rings. The molecule has 2 atom stereocenters. The van der Waals surface area contributed by atoms with Crippen molar-refractivity contribution in [2.75, 3.05) is 27.4 Å². The Balaban J connectivity index is 1.36. The Hall–Kier alpha value is -3.07. The maximum absolute atomic E-state index is 12.4. The number of halogens is 1. The first-order valence-corrected chi connectivity index (χ1v) is 11.6. The highest BCUT2D eigenvalue weighted by Crippen LogP contribution is 2.44. The fourth-order valence-electron chi connectivity index (χ4n) is 4.23. The number of hydrogen-bond acceptors (Lipinski definition) is 6. The minimum Gasteiger partial charge on any atom is -0.495 e. The standard InChI is InChI=1S/C26H26BrNO6/c1-32-22-11-15(12-23(33-2)24(22)27)25(30)21(29)13-28-26(31)34-14-20-18-9-5-3-7-16(18)17-8-4-6-10-19(17)20/h3-12,20-21,25,29-30H,13-14H2,1-2H3,(H,28,31). The number of aliphatic hydroxyl groups excluding tert-OH is 2. The zero-order valence-corrected chi connectivity index (χ0v) is 20.4. The average Bonchev–Trinajstić information content (AvgIpc) is 3.19.